The Labute approximate surface area is 270 Å². The summed E-state index contributed by atoms with van der Waals surface area (Å²) in [6, 6.07) is 32.4. The predicted molar refractivity (Wildman–Crippen MR) is 191 cm³/mol. The summed E-state index contributed by atoms with van der Waals surface area (Å²) in [4.78, 5) is 0. The molecule has 1 aliphatic heterocycles. The van der Waals surface area contributed by atoms with E-state index in [1.54, 1.807) is 0 Å². The van der Waals surface area contributed by atoms with Crippen molar-refractivity contribution >= 4 is 18.0 Å². The molecule has 45 heavy (non-hydrogen) atoms. The second kappa shape index (κ2) is 9.46. The third-order valence-corrected chi connectivity index (χ3v) is 12.4. The Morgan fingerprint density at radius 1 is 0.667 bits per heavy atom. The lowest BCUT2D eigenvalue weighted by molar-refractivity contribution is 0.0375. The van der Waals surface area contributed by atoms with Crippen molar-refractivity contribution in [1.82, 2.24) is 0 Å². The van der Waals surface area contributed by atoms with E-state index in [0.717, 1.165) is 6.32 Å². The molecule has 1 fully saturated rings. The van der Waals surface area contributed by atoms with Crippen molar-refractivity contribution in [3.63, 3.8) is 0 Å². The highest BCUT2D eigenvalue weighted by molar-refractivity contribution is 6.68. The molecule has 4 aromatic rings. The summed E-state index contributed by atoms with van der Waals surface area (Å²) in [6.45, 7) is 18.9. The lowest BCUT2D eigenvalue weighted by atomic mass is 9.53. The standard InChI is InChI=1S/C43H45BO/c1-40(2)26-44(45-43(40,7)8)31-22-29(27-17-19-34-32-13-9-11-15-36(32)41(3,4)38(34)24-27)21-30(23-31)28-18-20-35-33-14-10-12-16-37(33)42(5,6)39(35)25-28/h9-25,34,38H,26H2,1-8H3. The van der Waals surface area contributed by atoms with Gasteiger partial charge in [-0.2, -0.15) is 0 Å². The van der Waals surface area contributed by atoms with E-state index in [1.807, 2.05) is 0 Å². The van der Waals surface area contributed by atoms with Crippen LogP contribution >= 0.6 is 0 Å². The normalized spacial score (nSPS) is 24.1. The number of rotatable bonds is 3. The Bertz CT molecular complexity index is 1920. The monoisotopic (exact) mass is 588 g/mol. The molecule has 2 unspecified atom stereocenters. The van der Waals surface area contributed by atoms with Crippen LogP contribution in [0.3, 0.4) is 0 Å². The highest BCUT2D eigenvalue weighted by Gasteiger charge is 2.50. The Morgan fingerprint density at radius 2 is 1.36 bits per heavy atom. The van der Waals surface area contributed by atoms with E-state index in [4.69, 9.17) is 4.65 Å². The van der Waals surface area contributed by atoms with E-state index in [0.29, 0.717) is 11.8 Å². The summed E-state index contributed by atoms with van der Waals surface area (Å²) < 4.78 is 6.84. The van der Waals surface area contributed by atoms with E-state index in [9.17, 15) is 0 Å². The van der Waals surface area contributed by atoms with Crippen molar-refractivity contribution < 1.29 is 4.65 Å². The maximum atomic E-state index is 6.84. The molecule has 1 nitrogen and oxygen atoms in total. The van der Waals surface area contributed by atoms with Gasteiger partial charge in [0.25, 0.3) is 0 Å². The quantitative estimate of drug-likeness (QED) is 0.216. The number of fused-ring (bicyclic) bond motifs is 6. The summed E-state index contributed by atoms with van der Waals surface area (Å²) in [6.07, 6.45) is 8.43. The van der Waals surface area contributed by atoms with Crippen LogP contribution in [0.5, 0.6) is 0 Å². The van der Waals surface area contributed by atoms with Gasteiger partial charge in [0.05, 0.1) is 5.60 Å². The zero-order chi connectivity index (χ0) is 31.5. The Kier molecular flexibility index (Phi) is 6.06. The zero-order valence-electron chi connectivity index (χ0n) is 28.2. The Hall–Kier alpha value is -3.62. The van der Waals surface area contributed by atoms with Crippen LogP contribution in [-0.2, 0) is 15.5 Å². The second-order valence-corrected chi connectivity index (χ2v) is 16.3. The lowest BCUT2D eigenvalue weighted by Crippen LogP contribution is -2.36. The fourth-order valence-corrected chi connectivity index (χ4v) is 8.89. The number of allylic oxidation sites excluding steroid dienone is 4. The minimum absolute atomic E-state index is 0.0301. The molecular weight excluding hydrogens is 543 g/mol. The molecule has 1 saturated heterocycles. The molecule has 0 saturated carbocycles. The van der Waals surface area contributed by atoms with Gasteiger partial charge in [0, 0.05) is 11.3 Å². The molecule has 4 aromatic carbocycles. The molecular formula is C43H45BO. The van der Waals surface area contributed by atoms with E-state index in [2.05, 4.69) is 159 Å². The molecule has 4 aliphatic rings. The van der Waals surface area contributed by atoms with Crippen LogP contribution in [0.25, 0.3) is 27.8 Å². The van der Waals surface area contributed by atoms with Crippen LogP contribution in [0.4, 0.5) is 0 Å². The van der Waals surface area contributed by atoms with Crippen LogP contribution in [0.2, 0.25) is 6.32 Å². The molecule has 0 spiro atoms. The molecule has 0 bridgehead atoms. The van der Waals surface area contributed by atoms with Gasteiger partial charge in [0.1, 0.15) is 0 Å². The second-order valence-electron chi connectivity index (χ2n) is 16.3. The van der Waals surface area contributed by atoms with E-state index < -0.39 is 0 Å². The molecule has 0 N–H and O–H groups in total. The smallest absolute Gasteiger partial charge is 0.328 e. The molecule has 8 rings (SSSR count). The molecule has 226 valence electrons. The molecule has 1 heterocycles. The molecule has 2 atom stereocenters. The third-order valence-electron chi connectivity index (χ3n) is 12.4. The molecule has 3 aliphatic carbocycles. The molecule has 2 heteroatoms. The highest BCUT2D eigenvalue weighted by atomic mass is 16.5. The molecule has 0 radical (unpaired) electrons. The van der Waals surface area contributed by atoms with Crippen molar-refractivity contribution in [3.05, 3.63) is 131 Å². The Morgan fingerprint density at radius 3 is 2.11 bits per heavy atom. The van der Waals surface area contributed by atoms with Crippen molar-refractivity contribution in [3.8, 4) is 22.3 Å². The van der Waals surface area contributed by atoms with Crippen molar-refractivity contribution in [1.29, 1.82) is 0 Å². The van der Waals surface area contributed by atoms with Gasteiger partial charge >= 0.3 is 6.92 Å². The topological polar surface area (TPSA) is 9.23 Å². The first-order chi connectivity index (χ1) is 21.3. The summed E-state index contributed by atoms with van der Waals surface area (Å²) in [5.74, 6) is 0.866. The van der Waals surface area contributed by atoms with Gasteiger partial charge in [-0.1, -0.05) is 133 Å². The SMILES string of the molecule is CC1(C)c2ccccc2-c2ccc(-c3cc(B4CC(C)(C)C(C)(C)O4)cc(C4=CC5C(C=C4)c4ccccc4C5(C)C)c3)cc21. The van der Waals surface area contributed by atoms with Gasteiger partial charge < -0.3 is 4.65 Å². The minimum Gasteiger partial charge on any atom is -0.426 e. The summed E-state index contributed by atoms with van der Waals surface area (Å²) >= 11 is 0. The fourth-order valence-electron chi connectivity index (χ4n) is 8.89. The Balaban J connectivity index is 1.26. The maximum Gasteiger partial charge on any atom is 0.328 e. The van der Waals surface area contributed by atoms with Gasteiger partial charge in [-0.15, -0.1) is 0 Å². The van der Waals surface area contributed by atoms with Crippen LogP contribution in [-0.4, -0.2) is 12.5 Å². The number of benzene rings is 4. The van der Waals surface area contributed by atoms with Crippen LogP contribution < -0.4 is 5.46 Å². The highest BCUT2D eigenvalue weighted by Crippen LogP contribution is 2.54. The largest absolute Gasteiger partial charge is 0.426 e. The summed E-state index contributed by atoms with van der Waals surface area (Å²) in [5, 5.41) is 0. The average molecular weight is 589 g/mol. The summed E-state index contributed by atoms with van der Waals surface area (Å²) in [7, 11) is 0. The molecule has 0 aromatic heterocycles. The number of hydrogen-bond acceptors (Lipinski definition) is 1. The van der Waals surface area contributed by atoms with Crippen LogP contribution in [0, 0.1) is 11.3 Å². The first-order valence-corrected chi connectivity index (χ1v) is 16.9. The molecule has 0 amide bonds. The van der Waals surface area contributed by atoms with Gasteiger partial charge in [0.2, 0.25) is 0 Å². The number of hydrogen-bond donors (Lipinski definition) is 0. The predicted octanol–water partition coefficient (Wildman–Crippen LogP) is 10.3. The van der Waals surface area contributed by atoms with E-state index in [1.165, 1.54) is 61.1 Å². The first-order valence-electron chi connectivity index (χ1n) is 16.9. The average Bonchev–Trinajstić information content (AvgIpc) is 3.50. The fraction of sp³-hybridized carbons (Fsp3) is 0.349. The van der Waals surface area contributed by atoms with Gasteiger partial charge in [-0.3, -0.25) is 0 Å². The van der Waals surface area contributed by atoms with E-state index in [-0.39, 0.29) is 28.8 Å². The zero-order valence-corrected chi connectivity index (χ0v) is 28.2. The maximum absolute atomic E-state index is 6.84. The van der Waals surface area contributed by atoms with Crippen molar-refractivity contribution in [2.45, 2.75) is 84.1 Å². The minimum atomic E-state index is -0.186. The lowest BCUT2D eigenvalue weighted by Gasteiger charge is -2.34. The van der Waals surface area contributed by atoms with Gasteiger partial charge in [0.15, 0.2) is 0 Å². The van der Waals surface area contributed by atoms with Crippen molar-refractivity contribution in [2.24, 2.45) is 11.3 Å². The third kappa shape index (κ3) is 4.17. The van der Waals surface area contributed by atoms with E-state index >= 15 is 0 Å². The van der Waals surface area contributed by atoms with Crippen molar-refractivity contribution in [2.75, 3.05) is 0 Å². The first kappa shape index (κ1) is 28.8. The van der Waals surface area contributed by atoms with Crippen LogP contribution in [0.1, 0.15) is 89.1 Å². The van der Waals surface area contributed by atoms with Gasteiger partial charge in [-0.25, -0.2) is 0 Å². The van der Waals surface area contributed by atoms with Gasteiger partial charge in [-0.05, 0) is 110 Å². The van der Waals surface area contributed by atoms with Crippen LogP contribution in [0.15, 0.2) is 103 Å². The summed E-state index contributed by atoms with van der Waals surface area (Å²) in [5.41, 5.74) is 15.0.